The summed E-state index contributed by atoms with van der Waals surface area (Å²) in [6, 6.07) is 0. The zero-order chi connectivity index (χ0) is 22.0. The van der Waals surface area contributed by atoms with Crippen molar-refractivity contribution in [3.63, 3.8) is 0 Å². The number of nitrogens with two attached hydrogens (primary N) is 1. The standard InChI is InChI=1S/C9H16N5O12P3/c10-9-12-7-6(8(16)13-9)11-4-14(7)2-1-5(15)3-24-28(20,21)26-29(22,23)25-27(17,18)19/h4-5,15H,1-3H2,(H,20,21)(H,22,23)(H2,17,18,19)(H3,10,12,13,16). The normalized spacial score (nSPS) is 17.7. The van der Waals surface area contributed by atoms with Gasteiger partial charge in [0, 0.05) is 6.54 Å². The minimum absolute atomic E-state index is 0.00181. The summed E-state index contributed by atoms with van der Waals surface area (Å²) in [4.78, 5) is 56.8. The number of phosphoric ester groups is 1. The number of rotatable bonds is 10. The Hall–Kier alpha value is -1.48. The molecule has 0 amide bonds. The Balaban J connectivity index is 1.92. The first-order chi connectivity index (χ1) is 13.2. The smallest absolute Gasteiger partial charge is 0.391 e. The molecule has 0 saturated heterocycles. The minimum Gasteiger partial charge on any atom is -0.391 e. The Morgan fingerprint density at radius 3 is 2.45 bits per heavy atom. The molecule has 8 N–H and O–H groups in total. The fraction of sp³-hybridized carbons (Fsp3) is 0.444. The fourth-order valence-electron chi connectivity index (χ4n) is 1.99. The molecule has 17 nitrogen and oxygen atoms in total. The van der Waals surface area contributed by atoms with Gasteiger partial charge in [-0.25, -0.2) is 18.7 Å². The van der Waals surface area contributed by atoms with E-state index in [0.29, 0.717) is 0 Å². The largest absolute Gasteiger partial charge is 0.490 e. The van der Waals surface area contributed by atoms with Gasteiger partial charge in [-0.15, -0.1) is 0 Å². The van der Waals surface area contributed by atoms with E-state index >= 15 is 0 Å². The van der Waals surface area contributed by atoms with Gasteiger partial charge in [-0.3, -0.25) is 14.3 Å². The van der Waals surface area contributed by atoms with Crippen LogP contribution >= 0.6 is 23.5 Å². The number of nitrogens with zero attached hydrogens (tertiary/aromatic N) is 3. The topological polar surface area (TPSA) is 270 Å². The van der Waals surface area contributed by atoms with Gasteiger partial charge in [0.05, 0.1) is 19.0 Å². The lowest BCUT2D eigenvalue weighted by Gasteiger charge is -2.17. The molecule has 2 aromatic rings. The summed E-state index contributed by atoms with van der Waals surface area (Å²) >= 11 is 0. The number of aryl methyl sites for hydroxylation is 1. The number of anilines is 1. The lowest BCUT2D eigenvalue weighted by Crippen LogP contribution is -2.18. The van der Waals surface area contributed by atoms with Crippen molar-refractivity contribution in [1.29, 1.82) is 0 Å². The molecular weight excluding hydrogens is 463 g/mol. The van der Waals surface area contributed by atoms with Crippen LogP contribution in [0, 0.1) is 0 Å². The van der Waals surface area contributed by atoms with Crippen molar-refractivity contribution in [3.05, 3.63) is 16.7 Å². The summed E-state index contributed by atoms with van der Waals surface area (Å²) in [5.41, 5.74) is 5.00. The molecule has 164 valence electrons. The predicted molar refractivity (Wildman–Crippen MR) is 93.0 cm³/mol. The highest BCUT2D eigenvalue weighted by Crippen LogP contribution is 2.66. The van der Waals surface area contributed by atoms with Crippen molar-refractivity contribution in [2.24, 2.45) is 0 Å². The molecule has 0 bridgehead atoms. The number of fused-ring (bicyclic) bond motifs is 1. The number of nitrogens with one attached hydrogen (secondary N) is 1. The van der Waals surface area contributed by atoms with Gasteiger partial charge in [-0.1, -0.05) is 0 Å². The Labute approximate surface area is 160 Å². The van der Waals surface area contributed by atoms with Gasteiger partial charge in [0.25, 0.3) is 5.56 Å². The Morgan fingerprint density at radius 2 is 1.83 bits per heavy atom. The van der Waals surface area contributed by atoms with Crippen molar-refractivity contribution in [1.82, 2.24) is 19.5 Å². The summed E-state index contributed by atoms with van der Waals surface area (Å²) < 4.78 is 46.0. The average Bonchev–Trinajstić information content (AvgIpc) is 2.90. The number of aromatic nitrogens is 4. The second kappa shape index (κ2) is 8.71. The second-order valence-electron chi connectivity index (χ2n) is 5.39. The molecule has 0 aliphatic heterocycles. The van der Waals surface area contributed by atoms with Gasteiger partial charge in [0.15, 0.2) is 11.2 Å². The van der Waals surface area contributed by atoms with Crippen LogP contribution in [0.4, 0.5) is 5.95 Å². The lowest BCUT2D eigenvalue weighted by atomic mass is 10.3. The van der Waals surface area contributed by atoms with Gasteiger partial charge in [-0.05, 0) is 6.42 Å². The Morgan fingerprint density at radius 1 is 1.17 bits per heavy atom. The first-order valence-electron chi connectivity index (χ1n) is 7.34. The maximum Gasteiger partial charge on any atom is 0.490 e. The van der Waals surface area contributed by atoms with Crippen LogP contribution in [0.15, 0.2) is 11.1 Å². The molecule has 0 aliphatic carbocycles. The molecule has 0 aliphatic rings. The zero-order valence-corrected chi connectivity index (χ0v) is 16.8. The number of aliphatic hydroxyl groups excluding tert-OH is 1. The second-order valence-corrected chi connectivity index (χ2v) is 9.81. The van der Waals surface area contributed by atoms with Gasteiger partial charge in [-0.2, -0.15) is 13.6 Å². The van der Waals surface area contributed by atoms with Gasteiger partial charge in [0.2, 0.25) is 5.95 Å². The van der Waals surface area contributed by atoms with E-state index in [1.165, 1.54) is 10.9 Å². The number of aromatic amines is 1. The van der Waals surface area contributed by atoms with Crippen molar-refractivity contribution < 1.29 is 51.5 Å². The molecule has 0 aromatic carbocycles. The number of H-pyrrole nitrogens is 1. The molecule has 2 rings (SSSR count). The molecule has 29 heavy (non-hydrogen) atoms. The van der Waals surface area contributed by atoms with E-state index in [4.69, 9.17) is 20.4 Å². The first-order valence-corrected chi connectivity index (χ1v) is 11.9. The molecule has 2 aromatic heterocycles. The molecule has 0 radical (unpaired) electrons. The zero-order valence-electron chi connectivity index (χ0n) is 14.1. The molecule has 3 unspecified atom stereocenters. The van der Waals surface area contributed by atoms with Crippen LogP contribution in [-0.4, -0.2) is 56.9 Å². The van der Waals surface area contributed by atoms with Gasteiger partial charge < -0.3 is 35.0 Å². The molecule has 0 saturated carbocycles. The highest BCUT2D eigenvalue weighted by Gasteiger charge is 2.40. The third-order valence-corrected chi connectivity index (χ3v) is 6.84. The van der Waals surface area contributed by atoms with Crippen molar-refractivity contribution in [3.8, 4) is 0 Å². The summed E-state index contributed by atoms with van der Waals surface area (Å²) in [7, 11) is -16.5. The molecule has 0 spiro atoms. The number of hydrogen-bond acceptors (Lipinski definition) is 11. The summed E-state index contributed by atoms with van der Waals surface area (Å²) in [5, 5.41) is 9.83. The number of phosphoric acid groups is 3. The number of aliphatic hydroxyl groups is 1. The van der Waals surface area contributed by atoms with Gasteiger partial charge >= 0.3 is 23.5 Å². The molecular formula is C9H16N5O12P3. The third-order valence-electron chi connectivity index (χ3n) is 3.04. The number of imidazole rings is 1. The van der Waals surface area contributed by atoms with E-state index in [1.54, 1.807) is 0 Å². The van der Waals surface area contributed by atoms with Crippen LogP contribution in [0.3, 0.4) is 0 Å². The van der Waals surface area contributed by atoms with Crippen LogP contribution in [0.1, 0.15) is 6.42 Å². The van der Waals surface area contributed by atoms with E-state index in [1.807, 2.05) is 0 Å². The Bertz CT molecular complexity index is 1080. The quantitative estimate of drug-likeness (QED) is 0.197. The average molecular weight is 479 g/mol. The third kappa shape index (κ3) is 7.37. The number of hydrogen-bond donors (Lipinski definition) is 7. The maximum atomic E-state index is 11.7. The predicted octanol–water partition coefficient (Wildman–Crippen LogP) is -1.20. The Kier molecular flexibility index (Phi) is 7.15. The maximum absolute atomic E-state index is 11.7. The summed E-state index contributed by atoms with van der Waals surface area (Å²) in [5.74, 6) is -0.155. The molecule has 2 heterocycles. The van der Waals surface area contributed by atoms with Crippen LogP contribution in [0.25, 0.3) is 11.2 Å². The van der Waals surface area contributed by atoms with Crippen LogP contribution in [0.5, 0.6) is 0 Å². The summed E-state index contributed by atoms with van der Waals surface area (Å²) in [6.07, 6.45) is -0.270. The lowest BCUT2D eigenvalue weighted by molar-refractivity contribution is 0.0750. The van der Waals surface area contributed by atoms with E-state index in [2.05, 4.69) is 28.1 Å². The SMILES string of the molecule is Nc1nc2c(ncn2CCC(O)COP(=O)(O)OP(=O)(O)OP(=O)(O)O)c(=O)[nH]1. The molecule has 0 fully saturated rings. The highest BCUT2D eigenvalue weighted by molar-refractivity contribution is 7.66. The number of nitrogen functional groups attached to an aromatic ring is 1. The van der Waals surface area contributed by atoms with Crippen LogP contribution in [0.2, 0.25) is 0 Å². The van der Waals surface area contributed by atoms with Crippen molar-refractivity contribution in [2.45, 2.75) is 19.1 Å². The van der Waals surface area contributed by atoms with E-state index in [0.717, 1.165) is 0 Å². The van der Waals surface area contributed by atoms with Crippen molar-refractivity contribution in [2.75, 3.05) is 12.3 Å². The van der Waals surface area contributed by atoms with Crippen LogP contribution in [-0.2, 0) is 33.4 Å². The van der Waals surface area contributed by atoms with E-state index in [-0.39, 0.29) is 30.1 Å². The monoisotopic (exact) mass is 479 g/mol. The first kappa shape index (κ1) is 23.8. The highest BCUT2D eigenvalue weighted by atomic mass is 31.3. The summed E-state index contributed by atoms with van der Waals surface area (Å²) in [6.45, 7) is -0.847. The molecule has 20 heteroatoms. The molecule has 3 atom stereocenters. The minimum atomic E-state index is -5.64. The van der Waals surface area contributed by atoms with Crippen LogP contribution < -0.4 is 11.3 Å². The fourth-order valence-corrected chi connectivity index (χ4v) is 5.04. The van der Waals surface area contributed by atoms with Crippen molar-refractivity contribution >= 4 is 40.6 Å². The van der Waals surface area contributed by atoms with E-state index < -0.39 is 41.7 Å². The van der Waals surface area contributed by atoms with E-state index in [9.17, 15) is 28.5 Å². The van der Waals surface area contributed by atoms with Gasteiger partial charge in [0.1, 0.15) is 0 Å².